The molecule has 1 aliphatic rings. The normalized spacial score (nSPS) is 20.2. The fraction of sp³-hybridized carbons (Fsp3) is 0.643. The third-order valence-corrected chi connectivity index (χ3v) is 4.98. The molecule has 2 atom stereocenters. The molecule has 106 valence electrons. The monoisotopic (exact) mass is 282 g/mol. The number of rotatable bonds is 5. The second-order valence-corrected chi connectivity index (χ2v) is 6.51. The molecular weight excluding hydrogens is 260 g/mol. The summed E-state index contributed by atoms with van der Waals surface area (Å²) in [4.78, 5) is 12.6. The Balaban J connectivity index is 1.76. The van der Waals surface area contributed by atoms with E-state index in [4.69, 9.17) is 0 Å². The highest BCUT2D eigenvalue weighted by molar-refractivity contribution is 7.10. The molecule has 4 nitrogen and oxygen atoms in total. The van der Waals surface area contributed by atoms with Crippen LogP contribution in [0.4, 0.5) is 4.79 Å². The second-order valence-electron chi connectivity index (χ2n) is 5.56. The average molecular weight is 282 g/mol. The van der Waals surface area contributed by atoms with Crippen LogP contribution in [0.1, 0.15) is 38.0 Å². The summed E-state index contributed by atoms with van der Waals surface area (Å²) in [5.74, 6) is 0.614. The second kappa shape index (κ2) is 5.92. The van der Waals surface area contributed by atoms with E-state index in [1.54, 1.807) is 6.92 Å². The lowest BCUT2D eigenvalue weighted by molar-refractivity contribution is 0.0628. The maximum Gasteiger partial charge on any atom is 0.315 e. The van der Waals surface area contributed by atoms with Gasteiger partial charge in [0.05, 0.1) is 6.54 Å². The zero-order chi connectivity index (χ0) is 13.9. The van der Waals surface area contributed by atoms with Crippen molar-refractivity contribution in [2.45, 2.75) is 44.8 Å². The Kier molecular flexibility index (Phi) is 4.47. The van der Waals surface area contributed by atoms with Gasteiger partial charge in [0.2, 0.25) is 0 Å². The number of amides is 2. The van der Waals surface area contributed by atoms with Gasteiger partial charge in [0, 0.05) is 10.9 Å². The third-order valence-electron chi connectivity index (χ3n) is 3.86. The molecule has 2 rings (SSSR count). The minimum absolute atomic E-state index is 0.198. The van der Waals surface area contributed by atoms with E-state index in [0.29, 0.717) is 5.92 Å². The van der Waals surface area contributed by atoms with Gasteiger partial charge < -0.3 is 15.7 Å². The van der Waals surface area contributed by atoms with Crippen LogP contribution in [0.25, 0.3) is 0 Å². The van der Waals surface area contributed by atoms with Crippen LogP contribution in [0.5, 0.6) is 0 Å². The molecule has 2 unspecified atom stereocenters. The number of nitrogens with one attached hydrogen (secondary N) is 2. The van der Waals surface area contributed by atoms with Crippen LogP contribution < -0.4 is 10.6 Å². The zero-order valence-electron chi connectivity index (χ0n) is 11.5. The predicted molar refractivity (Wildman–Crippen MR) is 77.2 cm³/mol. The first-order valence-corrected chi connectivity index (χ1v) is 7.68. The van der Waals surface area contributed by atoms with Crippen molar-refractivity contribution in [3.8, 4) is 0 Å². The molecule has 1 saturated carbocycles. The van der Waals surface area contributed by atoms with Gasteiger partial charge in [-0.2, -0.15) is 0 Å². The van der Waals surface area contributed by atoms with Gasteiger partial charge >= 0.3 is 6.03 Å². The Morgan fingerprint density at radius 2 is 2.37 bits per heavy atom. The number of hydrogen-bond acceptors (Lipinski definition) is 3. The van der Waals surface area contributed by atoms with Gasteiger partial charge in [0.1, 0.15) is 5.60 Å². The summed E-state index contributed by atoms with van der Waals surface area (Å²) in [5, 5.41) is 17.9. The van der Waals surface area contributed by atoms with Crippen LogP contribution in [0.2, 0.25) is 0 Å². The van der Waals surface area contributed by atoms with Crippen molar-refractivity contribution in [3.05, 3.63) is 22.4 Å². The SMILES string of the molecule is CC(NC(=O)NCC(C)(O)c1cccs1)C1CCC1. The lowest BCUT2D eigenvalue weighted by Crippen LogP contribution is -2.48. The summed E-state index contributed by atoms with van der Waals surface area (Å²) in [7, 11) is 0. The Hall–Kier alpha value is -1.07. The van der Waals surface area contributed by atoms with E-state index in [9.17, 15) is 9.90 Å². The lowest BCUT2D eigenvalue weighted by Gasteiger charge is -2.32. The molecule has 0 aromatic carbocycles. The highest BCUT2D eigenvalue weighted by Crippen LogP contribution is 2.29. The van der Waals surface area contributed by atoms with Crippen molar-refractivity contribution in [2.24, 2.45) is 5.92 Å². The largest absolute Gasteiger partial charge is 0.383 e. The molecular formula is C14H22N2O2S. The van der Waals surface area contributed by atoms with Gasteiger partial charge in [-0.3, -0.25) is 0 Å². The third kappa shape index (κ3) is 3.70. The number of urea groups is 1. The van der Waals surface area contributed by atoms with Crippen LogP contribution in [0.3, 0.4) is 0 Å². The molecule has 2 amide bonds. The van der Waals surface area contributed by atoms with Crippen molar-refractivity contribution >= 4 is 17.4 Å². The molecule has 1 heterocycles. The van der Waals surface area contributed by atoms with Gasteiger partial charge in [-0.25, -0.2) is 4.79 Å². The fourth-order valence-electron chi connectivity index (χ4n) is 2.24. The smallest absolute Gasteiger partial charge is 0.315 e. The average Bonchev–Trinajstić information content (AvgIpc) is 2.77. The van der Waals surface area contributed by atoms with Crippen molar-refractivity contribution in [1.29, 1.82) is 0 Å². The summed E-state index contributed by atoms with van der Waals surface area (Å²) in [6.07, 6.45) is 3.67. The topological polar surface area (TPSA) is 61.4 Å². The van der Waals surface area contributed by atoms with E-state index in [0.717, 1.165) is 4.88 Å². The highest BCUT2D eigenvalue weighted by atomic mass is 32.1. The number of thiophene rings is 1. The standard InChI is InChI=1S/C14H22N2O2S/c1-10(11-5-3-6-11)16-13(17)15-9-14(2,18)12-7-4-8-19-12/h4,7-8,10-11,18H,3,5-6,9H2,1-2H3,(H2,15,16,17). The first kappa shape index (κ1) is 14.3. The van der Waals surface area contributed by atoms with E-state index in [1.807, 2.05) is 24.4 Å². The molecule has 1 aromatic heterocycles. The van der Waals surface area contributed by atoms with Gasteiger partial charge in [0.15, 0.2) is 0 Å². The number of carbonyl (C=O) groups is 1. The first-order valence-electron chi connectivity index (χ1n) is 6.80. The summed E-state index contributed by atoms with van der Waals surface area (Å²) >= 11 is 1.49. The van der Waals surface area contributed by atoms with Crippen molar-refractivity contribution in [3.63, 3.8) is 0 Å². The Bertz CT molecular complexity index is 413. The van der Waals surface area contributed by atoms with Gasteiger partial charge in [-0.05, 0) is 44.1 Å². The summed E-state index contributed by atoms with van der Waals surface area (Å²) < 4.78 is 0. The molecule has 0 saturated heterocycles. The Morgan fingerprint density at radius 3 is 2.89 bits per heavy atom. The summed E-state index contributed by atoms with van der Waals surface area (Å²) in [5.41, 5.74) is -1.01. The molecule has 1 aromatic rings. The van der Waals surface area contributed by atoms with E-state index in [-0.39, 0.29) is 18.6 Å². The fourth-order valence-corrected chi connectivity index (χ4v) is 3.03. The molecule has 0 spiro atoms. The van der Waals surface area contributed by atoms with E-state index >= 15 is 0 Å². The molecule has 0 bridgehead atoms. The minimum atomic E-state index is -1.01. The van der Waals surface area contributed by atoms with Crippen molar-refractivity contribution in [1.82, 2.24) is 10.6 Å². The predicted octanol–water partition coefficient (Wildman–Crippen LogP) is 2.44. The summed E-state index contributed by atoms with van der Waals surface area (Å²) in [6, 6.07) is 3.78. The van der Waals surface area contributed by atoms with Gasteiger partial charge in [0.25, 0.3) is 0 Å². The number of aliphatic hydroxyl groups is 1. The van der Waals surface area contributed by atoms with Crippen LogP contribution in [-0.4, -0.2) is 23.7 Å². The molecule has 5 heteroatoms. The zero-order valence-corrected chi connectivity index (χ0v) is 12.3. The van der Waals surface area contributed by atoms with Crippen LogP contribution in [0, 0.1) is 5.92 Å². The van der Waals surface area contributed by atoms with Crippen LogP contribution >= 0.6 is 11.3 Å². The van der Waals surface area contributed by atoms with Crippen molar-refractivity contribution < 1.29 is 9.90 Å². The van der Waals surface area contributed by atoms with Crippen LogP contribution in [-0.2, 0) is 5.60 Å². The van der Waals surface area contributed by atoms with E-state index in [1.165, 1.54) is 30.6 Å². The Morgan fingerprint density at radius 1 is 1.63 bits per heavy atom. The van der Waals surface area contributed by atoms with Crippen molar-refractivity contribution in [2.75, 3.05) is 6.54 Å². The first-order chi connectivity index (χ1) is 8.99. The molecule has 19 heavy (non-hydrogen) atoms. The van der Waals surface area contributed by atoms with E-state index in [2.05, 4.69) is 10.6 Å². The minimum Gasteiger partial charge on any atom is -0.383 e. The highest BCUT2D eigenvalue weighted by Gasteiger charge is 2.27. The van der Waals surface area contributed by atoms with Crippen LogP contribution in [0.15, 0.2) is 17.5 Å². The molecule has 3 N–H and O–H groups in total. The molecule has 1 fully saturated rings. The number of carbonyl (C=O) groups excluding carboxylic acids is 1. The number of hydrogen-bond donors (Lipinski definition) is 3. The van der Waals surface area contributed by atoms with Gasteiger partial charge in [-0.15, -0.1) is 11.3 Å². The quantitative estimate of drug-likeness (QED) is 0.777. The lowest BCUT2D eigenvalue weighted by atomic mass is 9.80. The molecule has 0 radical (unpaired) electrons. The maximum absolute atomic E-state index is 11.8. The van der Waals surface area contributed by atoms with E-state index < -0.39 is 5.60 Å². The maximum atomic E-state index is 11.8. The Labute approximate surface area is 118 Å². The van der Waals surface area contributed by atoms with Gasteiger partial charge in [-0.1, -0.05) is 12.5 Å². The molecule has 1 aliphatic carbocycles. The molecule has 0 aliphatic heterocycles. The summed E-state index contributed by atoms with van der Waals surface area (Å²) in [6.45, 7) is 3.98.